The minimum absolute atomic E-state index is 0.256. The zero-order chi connectivity index (χ0) is 11.0. The van der Waals surface area contributed by atoms with Crippen molar-refractivity contribution in [2.45, 2.75) is 13.8 Å². The lowest BCUT2D eigenvalue weighted by Gasteiger charge is -2.18. The Labute approximate surface area is 94.5 Å². The third kappa shape index (κ3) is 2.00. The number of nitrogen functional groups attached to an aromatic ring is 1. The zero-order valence-corrected chi connectivity index (χ0v) is 9.70. The first-order chi connectivity index (χ1) is 7.08. The van der Waals surface area contributed by atoms with Gasteiger partial charge in [0.2, 0.25) is 5.28 Å². The summed E-state index contributed by atoms with van der Waals surface area (Å²) in [7, 11) is 0. The molecule has 0 amide bonds. The van der Waals surface area contributed by atoms with E-state index in [1.54, 1.807) is 6.20 Å². The molecule has 4 nitrogen and oxygen atoms in total. The average Bonchev–Trinajstić information content (AvgIpc) is 2.51. The normalized spacial score (nSPS) is 25.9. The maximum absolute atomic E-state index is 5.83. The van der Waals surface area contributed by atoms with Crippen LogP contribution in [0.25, 0.3) is 0 Å². The smallest absolute Gasteiger partial charge is 0.224 e. The molecule has 2 atom stereocenters. The number of nitrogens with two attached hydrogens (primary N) is 1. The van der Waals surface area contributed by atoms with Gasteiger partial charge in [-0.1, -0.05) is 13.8 Å². The van der Waals surface area contributed by atoms with Crippen molar-refractivity contribution in [3.63, 3.8) is 0 Å². The second-order valence-electron chi connectivity index (χ2n) is 4.28. The largest absolute Gasteiger partial charge is 0.394 e. The fraction of sp³-hybridized carbons (Fsp3) is 0.600. The summed E-state index contributed by atoms with van der Waals surface area (Å²) in [5.74, 6) is 2.10. The first-order valence-electron chi connectivity index (χ1n) is 5.11. The van der Waals surface area contributed by atoms with Crippen LogP contribution in [0.1, 0.15) is 13.8 Å². The molecule has 0 radical (unpaired) electrons. The topological polar surface area (TPSA) is 55.0 Å². The van der Waals surface area contributed by atoms with Crippen molar-refractivity contribution in [1.82, 2.24) is 9.97 Å². The highest BCUT2D eigenvalue weighted by Crippen LogP contribution is 2.29. The number of rotatable bonds is 1. The van der Waals surface area contributed by atoms with Crippen molar-refractivity contribution in [1.29, 1.82) is 0 Å². The summed E-state index contributed by atoms with van der Waals surface area (Å²) < 4.78 is 0. The van der Waals surface area contributed by atoms with Gasteiger partial charge < -0.3 is 10.6 Å². The predicted molar refractivity (Wildman–Crippen MR) is 62.0 cm³/mol. The summed E-state index contributed by atoms with van der Waals surface area (Å²) in [6, 6.07) is 0. The van der Waals surface area contributed by atoms with Gasteiger partial charge in [-0.25, -0.2) is 4.98 Å². The monoisotopic (exact) mass is 226 g/mol. The molecule has 5 heteroatoms. The third-order valence-corrected chi connectivity index (χ3v) is 3.24. The minimum Gasteiger partial charge on any atom is -0.394 e. The third-order valence-electron chi connectivity index (χ3n) is 3.05. The Morgan fingerprint density at radius 3 is 2.60 bits per heavy atom. The van der Waals surface area contributed by atoms with Crippen LogP contribution >= 0.6 is 11.6 Å². The van der Waals surface area contributed by atoms with Gasteiger partial charge in [0.15, 0.2) is 5.82 Å². The Morgan fingerprint density at radius 2 is 2.00 bits per heavy atom. The second-order valence-corrected chi connectivity index (χ2v) is 4.62. The van der Waals surface area contributed by atoms with Gasteiger partial charge in [0, 0.05) is 13.1 Å². The Hall–Kier alpha value is -1.03. The van der Waals surface area contributed by atoms with Crippen molar-refractivity contribution >= 4 is 23.1 Å². The van der Waals surface area contributed by atoms with E-state index in [0.29, 0.717) is 17.5 Å². The lowest BCUT2D eigenvalue weighted by atomic mass is 10.0. The fourth-order valence-electron chi connectivity index (χ4n) is 1.92. The predicted octanol–water partition coefficient (Wildman–Crippen LogP) is 1.80. The molecule has 0 aliphatic carbocycles. The number of aromatic nitrogens is 2. The van der Waals surface area contributed by atoms with Crippen LogP contribution in [-0.2, 0) is 0 Å². The molecule has 15 heavy (non-hydrogen) atoms. The Kier molecular flexibility index (Phi) is 2.69. The van der Waals surface area contributed by atoms with Gasteiger partial charge in [-0.15, -0.1) is 0 Å². The lowest BCUT2D eigenvalue weighted by Crippen LogP contribution is -2.22. The Balaban J connectivity index is 2.27. The van der Waals surface area contributed by atoms with Crippen molar-refractivity contribution in [3.8, 4) is 0 Å². The van der Waals surface area contributed by atoms with E-state index in [2.05, 4.69) is 28.7 Å². The number of nitrogens with zero attached hydrogens (tertiary/aromatic N) is 3. The molecule has 1 saturated heterocycles. The lowest BCUT2D eigenvalue weighted by molar-refractivity contribution is 0.494. The van der Waals surface area contributed by atoms with Crippen LogP contribution in [0.3, 0.4) is 0 Å². The molecule has 2 unspecified atom stereocenters. The van der Waals surface area contributed by atoms with Gasteiger partial charge >= 0.3 is 0 Å². The highest BCUT2D eigenvalue weighted by atomic mass is 35.5. The molecule has 1 fully saturated rings. The maximum atomic E-state index is 5.83. The van der Waals surface area contributed by atoms with Gasteiger partial charge in [0.25, 0.3) is 0 Å². The number of hydrogen-bond donors (Lipinski definition) is 1. The first-order valence-corrected chi connectivity index (χ1v) is 5.48. The van der Waals surface area contributed by atoms with Gasteiger partial charge in [-0.3, -0.25) is 0 Å². The average molecular weight is 227 g/mol. The molecule has 0 spiro atoms. The molecule has 1 aliphatic heterocycles. The molecule has 1 aromatic rings. The Bertz CT molecular complexity index is 358. The van der Waals surface area contributed by atoms with E-state index in [-0.39, 0.29) is 5.28 Å². The summed E-state index contributed by atoms with van der Waals surface area (Å²) in [4.78, 5) is 10.2. The standard InChI is InChI=1S/C10H15ClN4/c1-6-4-15(5-7(6)2)9-8(12)3-13-10(11)14-9/h3,6-7H,4-5,12H2,1-2H3. The second kappa shape index (κ2) is 3.85. The van der Waals surface area contributed by atoms with Crippen LogP contribution < -0.4 is 10.6 Å². The van der Waals surface area contributed by atoms with Crippen LogP contribution in [0.5, 0.6) is 0 Å². The van der Waals surface area contributed by atoms with Crippen LogP contribution in [0.15, 0.2) is 6.20 Å². The van der Waals surface area contributed by atoms with Crippen LogP contribution in [-0.4, -0.2) is 23.1 Å². The van der Waals surface area contributed by atoms with Crippen molar-refractivity contribution in [2.24, 2.45) is 11.8 Å². The van der Waals surface area contributed by atoms with Crippen molar-refractivity contribution < 1.29 is 0 Å². The molecule has 1 aliphatic rings. The van der Waals surface area contributed by atoms with Gasteiger partial charge in [-0.05, 0) is 23.4 Å². The molecule has 2 rings (SSSR count). The summed E-state index contributed by atoms with van der Waals surface area (Å²) in [5.41, 5.74) is 6.43. The van der Waals surface area contributed by atoms with E-state index in [4.69, 9.17) is 17.3 Å². The van der Waals surface area contributed by atoms with E-state index in [0.717, 1.165) is 18.9 Å². The molecular weight excluding hydrogens is 212 g/mol. The highest BCUT2D eigenvalue weighted by Gasteiger charge is 2.28. The first kappa shape index (κ1) is 10.5. The number of hydrogen-bond acceptors (Lipinski definition) is 4. The van der Waals surface area contributed by atoms with Gasteiger partial charge in [0.05, 0.1) is 11.9 Å². The van der Waals surface area contributed by atoms with Gasteiger partial charge in [-0.2, -0.15) is 4.98 Å². The van der Waals surface area contributed by atoms with E-state index in [9.17, 15) is 0 Å². The molecular formula is C10H15ClN4. The SMILES string of the molecule is CC1CN(c2nc(Cl)ncc2N)CC1C. The molecule has 2 heterocycles. The van der Waals surface area contributed by atoms with E-state index in [1.165, 1.54) is 0 Å². The zero-order valence-electron chi connectivity index (χ0n) is 8.94. The summed E-state index contributed by atoms with van der Waals surface area (Å²) in [6.45, 7) is 6.45. The molecule has 0 aromatic carbocycles. The fourth-order valence-corrected chi connectivity index (χ4v) is 2.05. The Morgan fingerprint density at radius 1 is 1.40 bits per heavy atom. The molecule has 1 aromatic heterocycles. The van der Waals surface area contributed by atoms with Gasteiger partial charge in [0.1, 0.15) is 0 Å². The molecule has 82 valence electrons. The minimum atomic E-state index is 0.256. The summed E-state index contributed by atoms with van der Waals surface area (Å²) in [6.07, 6.45) is 1.57. The van der Waals surface area contributed by atoms with E-state index >= 15 is 0 Å². The highest BCUT2D eigenvalue weighted by molar-refractivity contribution is 6.28. The maximum Gasteiger partial charge on any atom is 0.224 e. The summed E-state index contributed by atoms with van der Waals surface area (Å²) >= 11 is 5.76. The van der Waals surface area contributed by atoms with E-state index in [1.807, 2.05) is 0 Å². The molecule has 0 saturated carbocycles. The number of halogens is 1. The van der Waals surface area contributed by atoms with Crippen LogP contribution in [0.4, 0.5) is 11.5 Å². The van der Waals surface area contributed by atoms with Crippen LogP contribution in [0, 0.1) is 11.8 Å². The molecule has 2 N–H and O–H groups in total. The number of anilines is 2. The van der Waals surface area contributed by atoms with Crippen molar-refractivity contribution in [3.05, 3.63) is 11.5 Å². The van der Waals surface area contributed by atoms with Crippen molar-refractivity contribution in [2.75, 3.05) is 23.7 Å². The quantitative estimate of drug-likeness (QED) is 0.742. The summed E-state index contributed by atoms with van der Waals surface area (Å²) in [5, 5.41) is 0.256. The molecule has 0 bridgehead atoms. The van der Waals surface area contributed by atoms with Crippen LogP contribution in [0.2, 0.25) is 5.28 Å². The van der Waals surface area contributed by atoms with E-state index < -0.39 is 0 Å².